The van der Waals surface area contributed by atoms with E-state index in [9.17, 15) is 13.2 Å². The number of ether oxygens (including phenoxy) is 1. The van der Waals surface area contributed by atoms with Gasteiger partial charge in [-0.25, -0.2) is 8.42 Å². The van der Waals surface area contributed by atoms with E-state index >= 15 is 0 Å². The van der Waals surface area contributed by atoms with E-state index in [1.165, 1.54) is 6.26 Å². The zero-order valence-corrected chi connectivity index (χ0v) is 12.2. The van der Waals surface area contributed by atoms with Crippen molar-refractivity contribution in [2.45, 2.75) is 0 Å². The Hall–Kier alpha value is -1.40. The Labute approximate surface area is 114 Å². The second kappa shape index (κ2) is 6.68. The molecule has 0 atom stereocenters. The molecular weight excluding hydrogens is 266 g/mol. The second-order valence-corrected chi connectivity index (χ2v) is 6.78. The van der Waals surface area contributed by atoms with Crippen molar-refractivity contribution in [2.24, 2.45) is 0 Å². The van der Waals surface area contributed by atoms with Gasteiger partial charge in [0.1, 0.15) is 15.6 Å². The molecule has 0 unspecified atom stereocenters. The van der Waals surface area contributed by atoms with Crippen molar-refractivity contribution >= 4 is 15.6 Å². The molecule has 0 radical (unpaired) electrons. The number of carbonyl (C=O) groups excluding carboxylic acids is 1. The lowest BCUT2D eigenvalue weighted by atomic mass is 10.1. The number of ketones is 1. The number of Topliss-reactive ketones (excluding diaryl/α,β-unsaturated/α-hetero) is 1. The number of likely N-dealkylation sites (N-methyl/N-ethyl adjacent to an activating group) is 1. The topological polar surface area (TPSA) is 63.7 Å². The first-order valence-corrected chi connectivity index (χ1v) is 7.91. The summed E-state index contributed by atoms with van der Waals surface area (Å²) >= 11 is 0. The van der Waals surface area contributed by atoms with E-state index in [1.807, 2.05) is 0 Å². The lowest BCUT2D eigenvalue weighted by molar-refractivity contribution is 0.0949. The van der Waals surface area contributed by atoms with Gasteiger partial charge in [0.15, 0.2) is 5.78 Å². The molecule has 0 amide bonds. The number of benzene rings is 1. The summed E-state index contributed by atoms with van der Waals surface area (Å²) in [5, 5.41) is 0. The van der Waals surface area contributed by atoms with Crippen LogP contribution in [0.2, 0.25) is 0 Å². The largest absolute Gasteiger partial charge is 0.497 e. The smallest absolute Gasteiger partial charge is 0.176 e. The molecule has 0 aliphatic carbocycles. The highest BCUT2D eigenvalue weighted by Crippen LogP contribution is 2.11. The molecule has 0 heterocycles. The molecule has 0 saturated carbocycles. The Morgan fingerprint density at radius 2 is 1.84 bits per heavy atom. The van der Waals surface area contributed by atoms with Crippen molar-refractivity contribution in [2.75, 3.05) is 39.3 Å². The SMILES string of the molecule is COc1ccc(C(=O)CN(C)CCS(C)(=O)=O)cc1. The molecule has 1 aromatic carbocycles. The van der Waals surface area contributed by atoms with Crippen LogP contribution < -0.4 is 4.74 Å². The van der Waals surface area contributed by atoms with E-state index in [1.54, 1.807) is 43.3 Å². The van der Waals surface area contributed by atoms with Gasteiger partial charge in [-0.15, -0.1) is 0 Å². The number of sulfone groups is 1. The minimum atomic E-state index is -3.00. The van der Waals surface area contributed by atoms with Gasteiger partial charge in [0.05, 0.1) is 19.4 Å². The molecule has 1 aromatic rings. The fourth-order valence-corrected chi connectivity index (χ4v) is 2.16. The number of hydrogen-bond acceptors (Lipinski definition) is 5. The first-order valence-electron chi connectivity index (χ1n) is 5.85. The zero-order valence-electron chi connectivity index (χ0n) is 11.4. The van der Waals surface area contributed by atoms with Crippen molar-refractivity contribution in [3.8, 4) is 5.75 Å². The van der Waals surface area contributed by atoms with Gasteiger partial charge >= 0.3 is 0 Å². The average molecular weight is 285 g/mol. The van der Waals surface area contributed by atoms with Crippen LogP contribution in [-0.4, -0.2) is 58.4 Å². The van der Waals surface area contributed by atoms with Crippen LogP contribution in [0.25, 0.3) is 0 Å². The van der Waals surface area contributed by atoms with E-state index in [0.29, 0.717) is 17.9 Å². The number of rotatable bonds is 7. The van der Waals surface area contributed by atoms with E-state index in [4.69, 9.17) is 4.74 Å². The predicted octanol–water partition coefficient (Wildman–Crippen LogP) is 0.854. The predicted molar refractivity (Wildman–Crippen MR) is 74.5 cm³/mol. The Morgan fingerprint density at radius 3 is 2.32 bits per heavy atom. The maximum atomic E-state index is 11.9. The second-order valence-electron chi connectivity index (χ2n) is 4.52. The van der Waals surface area contributed by atoms with Crippen LogP contribution in [0.3, 0.4) is 0 Å². The Bertz CT molecular complexity index is 522. The van der Waals surface area contributed by atoms with Gasteiger partial charge in [-0.2, -0.15) is 0 Å². The third-order valence-corrected chi connectivity index (χ3v) is 3.59. The summed E-state index contributed by atoms with van der Waals surface area (Å²) in [5.41, 5.74) is 0.590. The van der Waals surface area contributed by atoms with E-state index in [-0.39, 0.29) is 18.1 Å². The summed E-state index contributed by atoms with van der Waals surface area (Å²) in [6, 6.07) is 6.85. The molecule has 5 nitrogen and oxygen atoms in total. The first-order chi connectivity index (χ1) is 8.81. The van der Waals surface area contributed by atoms with Crippen LogP contribution in [0.5, 0.6) is 5.75 Å². The van der Waals surface area contributed by atoms with Gasteiger partial charge in [0.2, 0.25) is 0 Å². The lowest BCUT2D eigenvalue weighted by Crippen LogP contribution is -2.30. The summed E-state index contributed by atoms with van der Waals surface area (Å²) in [6.07, 6.45) is 1.19. The van der Waals surface area contributed by atoms with Gasteiger partial charge in [0.25, 0.3) is 0 Å². The van der Waals surface area contributed by atoms with Gasteiger partial charge in [-0.3, -0.25) is 9.69 Å². The van der Waals surface area contributed by atoms with Gasteiger partial charge in [-0.05, 0) is 31.3 Å². The van der Waals surface area contributed by atoms with E-state index < -0.39 is 9.84 Å². The minimum Gasteiger partial charge on any atom is -0.497 e. The van der Waals surface area contributed by atoms with Crippen molar-refractivity contribution < 1.29 is 17.9 Å². The number of carbonyl (C=O) groups is 1. The van der Waals surface area contributed by atoms with Crippen molar-refractivity contribution in [1.29, 1.82) is 0 Å². The van der Waals surface area contributed by atoms with Crippen LogP contribution in [0.1, 0.15) is 10.4 Å². The maximum absolute atomic E-state index is 11.9. The quantitative estimate of drug-likeness (QED) is 0.695. The van der Waals surface area contributed by atoms with Crippen LogP contribution in [0, 0.1) is 0 Å². The molecular formula is C13H19NO4S. The Kier molecular flexibility index (Phi) is 5.50. The molecule has 106 valence electrons. The fraction of sp³-hybridized carbons (Fsp3) is 0.462. The van der Waals surface area contributed by atoms with Crippen LogP contribution >= 0.6 is 0 Å². The number of hydrogen-bond donors (Lipinski definition) is 0. The molecule has 0 aliphatic rings. The number of methoxy groups -OCH3 is 1. The molecule has 0 spiro atoms. The molecule has 1 rings (SSSR count). The summed E-state index contributed by atoms with van der Waals surface area (Å²) in [4.78, 5) is 13.6. The molecule has 0 fully saturated rings. The lowest BCUT2D eigenvalue weighted by Gasteiger charge is -2.15. The van der Waals surface area contributed by atoms with E-state index in [2.05, 4.69) is 0 Å². The molecule has 6 heteroatoms. The summed E-state index contributed by atoms with van der Waals surface area (Å²) in [6.45, 7) is 0.544. The average Bonchev–Trinajstić information content (AvgIpc) is 2.35. The van der Waals surface area contributed by atoms with E-state index in [0.717, 1.165) is 0 Å². The Morgan fingerprint density at radius 1 is 1.26 bits per heavy atom. The van der Waals surface area contributed by atoms with Gasteiger partial charge < -0.3 is 4.74 Å². The highest BCUT2D eigenvalue weighted by Gasteiger charge is 2.11. The molecule has 0 N–H and O–H groups in total. The highest BCUT2D eigenvalue weighted by molar-refractivity contribution is 7.90. The maximum Gasteiger partial charge on any atom is 0.176 e. The molecule has 19 heavy (non-hydrogen) atoms. The summed E-state index contributed by atoms with van der Waals surface area (Å²) in [7, 11) is 0.296. The first kappa shape index (κ1) is 15.7. The fourth-order valence-electron chi connectivity index (χ4n) is 1.51. The zero-order chi connectivity index (χ0) is 14.5. The normalized spacial score (nSPS) is 11.6. The van der Waals surface area contributed by atoms with Crippen LogP contribution in [0.15, 0.2) is 24.3 Å². The summed E-state index contributed by atoms with van der Waals surface area (Å²) < 4.78 is 27.1. The molecule has 0 aromatic heterocycles. The third-order valence-electron chi connectivity index (χ3n) is 2.67. The van der Waals surface area contributed by atoms with Crippen LogP contribution in [0.4, 0.5) is 0 Å². The monoisotopic (exact) mass is 285 g/mol. The summed E-state index contributed by atoms with van der Waals surface area (Å²) in [5.74, 6) is 0.708. The highest BCUT2D eigenvalue weighted by atomic mass is 32.2. The minimum absolute atomic E-state index is 0.0429. The van der Waals surface area contributed by atoms with Gasteiger partial charge in [-0.1, -0.05) is 0 Å². The van der Waals surface area contributed by atoms with Gasteiger partial charge in [0, 0.05) is 18.4 Å². The molecule has 0 aliphatic heterocycles. The number of nitrogens with zero attached hydrogens (tertiary/aromatic N) is 1. The molecule has 0 saturated heterocycles. The third kappa shape index (κ3) is 5.85. The standard InChI is InChI=1S/C13H19NO4S/c1-14(8-9-19(3,16)17)10-13(15)11-4-6-12(18-2)7-5-11/h4-7H,8-10H2,1-3H3. The van der Waals surface area contributed by atoms with Crippen molar-refractivity contribution in [3.63, 3.8) is 0 Å². The Balaban J connectivity index is 2.53. The van der Waals surface area contributed by atoms with Crippen molar-refractivity contribution in [1.82, 2.24) is 4.90 Å². The van der Waals surface area contributed by atoms with Crippen LogP contribution in [-0.2, 0) is 9.84 Å². The molecule has 0 bridgehead atoms. The van der Waals surface area contributed by atoms with Crippen molar-refractivity contribution in [3.05, 3.63) is 29.8 Å².